The summed E-state index contributed by atoms with van der Waals surface area (Å²) in [5, 5.41) is 0. The van der Waals surface area contributed by atoms with Crippen LogP contribution in [0.15, 0.2) is 23.3 Å². The molecule has 0 radical (unpaired) electrons. The Labute approximate surface area is 143 Å². The van der Waals surface area contributed by atoms with Crippen molar-refractivity contribution in [1.29, 1.82) is 0 Å². The minimum atomic E-state index is 0.452. The lowest BCUT2D eigenvalue weighted by atomic mass is 9.20. The van der Waals surface area contributed by atoms with Gasteiger partial charge in [0.15, 0.2) is 0 Å². The molecule has 1 nitrogen and oxygen atoms in total. The molecule has 4 aliphatic carbocycles. The van der Waals surface area contributed by atoms with E-state index in [4.69, 9.17) is 4.65 Å². The summed E-state index contributed by atoms with van der Waals surface area (Å²) in [4.78, 5) is 0. The van der Waals surface area contributed by atoms with E-state index in [9.17, 15) is 0 Å². The lowest BCUT2D eigenvalue weighted by molar-refractivity contribution is -0.0410. The summed E-state index contributed by atoms with van der Waals surface area (Å²) in [6, 6.07) is 0. The van der Waals surface area contributed by atoms with E-state index in [0.717, 1.165) is 35.3 Å². The van der Waals surface area contributed by atoms with Gasteiger partial charge in [-0.2, -0.15) is 0 Å². The average molecular weight is 312 g/mol. The third kappa shape index (κ3) is 1.80. The first-order valence-corrected chi connectivity index (χ1v) is 9.59. The van der Waals surface area contributed by atoms with E-state index in [2.05, 4.69) is 53.7 Å². The van der Waals surface area contributed by atoms with E-state index in [1.807, 2.05) is 7.11 Å². The van der Waals surface area contributed by atoms with E-state index >= 15 is 0 Å². The zero-order valence-electron chi connectivity index (χ0n) is 16.0. The smallest absolute Gasteiger partial charge is 0.300 e. The maximum absolute atomic E-state index is 6.26. The first-order valence-electron chi connectivity index (χ1n) is 9.59. The second kappa shape index (κ2) is 4.78. The van der Waals surface area contributed by atoms with Crippen molar-refractivity contribution in [1.82, 2.24) is 0 Å². The van der Waals surface area contributed by atoms with Crippen molar-refractivity contribution >= 4 is 6.92 Å². The van der Waals surface area contributed by atoms with Crippen LogP contribution in [-0.2, 0) is 4.65 Å². The monoisotopic (exact) mass is 312 g/mol. The zero-order chi connectivity index (χ0) is 16.7. The summed E-state index contributed by atoms with van der Waals surface area (Å²) < 4.78 is 6.26. The molecular formula is C21H33BO. The lowest BCUT2D eigenvalue weighted by Gasteiger charge is -2.69. The fourth-order valence-corrected chi connectivity index (χ4v) is 7.66. The highest BCUT2D eigenvalue weighted by Crippen LogP contribution is 2.73. The predicted octanol–water partition coefficient (Wildman–Crippen LogP) is 5.61. The second-order valence-electron chi connectivity index (χ2n) is 10.0. The second-order valence-corrected chi connectivity index (χ2v) is 10.0. The first kappa shape index (κ1) is 16.0. The Balaban J connectivity index is 1.65. The maximum Gasteiger partial charge on any atom is 0.300 e. The van der Waals surface area contributed by atoms with Crippen LogP contribution in [0, 0.1) is 34.5 Å². The van der Waals surface area contributed by atoms with Crippen LogP contribution in [0.25, 0.3) is 0 Å². The van der Waals surface area contributed by atoms with Gasteiger partial charge < -0.3 is 4.65 Å². The van der Waals surface area contributed by atoms with Gasteiger partial charge in [-0.05, 0) is 72.8 Å². The highest BCUT2D eigenvalue weighted by atomic mass is 16.4. The van der Waals surface area contributed by atoms with Crippen molar-refractivity contribution < 1.29 is 4.65 Å². The van der Waals surface area contributed by atoms with Gasteiger partial charge >= 0.3 is 6.92 Å². The highest BCUT2D eigenvalue weighted by Gasteiger charge is 2.68. The van der Waals surface area contributed by atoms with E-state index in [1.165, 1.54) is 12.8 Å². The number of hydrogen-bond donors (Lipinski definition) is 0. The molecular weight excluding hydrogens is 279 g/mol. The van der Waals surface area contributed by atoms with Crippen molar-refractivity contribution in [3.63, 3.8) is 0 Å². The van der Waals surface area contributed by atoms with Crippen LogP contribution in [0.3, 0.4) is 0 Å². The molecule has 0 aromatic heterocycles. The highest BCUT2D eigenvalue weighted by molar-refractivity contribution is 6.56. The van der Waals surface area contributed by atoms with Gasteiger partial charge in [0.25, 0.3) is 0 Å². The molecule has 4 aliphatic rings. The summed E-state index contributed by atoms with van der Waals surface area (Å²) in [6.45, 7) is 15.1. The number of fused-ring (bicyclic) bond motifs is 4. The average Bonchev–Trinajstić information content (AvgIpc) is 2.46. The molecule has 0 aromatic carbocycles. The Morgan fingerprint density at radius 1 is 0.870 bits per heavy atom. The Morgan fingerprint density at radius 2 is 1.26 bits per heavy atom. The van der Waals surface area contributed by atoms with E-state index in [-0.39, 0.29) is 0 Å². The molecule has 2 heteroatoms. The summed E-state index contributed by atoms with van der Waals surface area (Å²) >= 11 is 0. The molecule has 0 amide bonds. The number of hydrogen-bond acceptors (Lipinski definition) is 1. The van der Waals surface area contributed by atoms with Gasteiger partial charge in [-0.3, -0.25) is 0 Å². The van der Waals surface area contributed by atoms with Gasteiger partial charge in [0, 0.05) is 7.11 Å². The Hall–Kier alpha value is -0.495. The molecule has 0 spiro atoms. The standard InChI is InChI=1S/C21H33BO/c1-12-8-10-14-18(16(12)20(14,3)4)22(23-7)19-15-11-9-13(2)17(19)21(15,5)6/h8-9,14-19H,10-11H2,1-7H3/t14-,15-,16-,17-,18?,19?/m1/s1. The minimum absolute atomic E-state index is 0.452. The van der Waals surface area contributed by atoms with Gasteiger partial charge in [-0.1, -0.05) is 51.0 Å². The Bertz CT molecular complexity index is 535. The molecule has 2 saturated carbocycles. The molecule has 0 aliphatic heterocycles. The predicted molar refractivity (Wildman–Crippen MR) is 98.5 cm³/mol. The van der Waals surface area contributed by atoms with Gasteiger partial charge in [0.05, 0.1) is 0 Å². The molecule has 0 aromatic rings. The summed E-state index contributed by atoms with van der Waals surface area (Å²) in [5.74, 6) is 4.60. The molecule has 23 heavy (non-hydrogen) atoms. The van der Waals surface area contributed by atoms with Crippen molar-refractivity contribution in [2.24, 2.45) is 34.5 Å². The van der Waals surface area contributed by atoms with Crippen molar-refractivity contribution in [3.8, 4) is 0 Å². The molecule has 2 fully saturated rings. The van der Waals surface area contributed by atoms with Crippen LogP contribution >= 0.6 is 0 Å². The molecule has 4 bridgehead atoms. The summed E-state index contributed by atoms with van der Waals surface area (Å²) in [6.07, 6.45) is 7.53. The fourth-order valence-electron chi connectivity index (χ4n) is 7.66. The van der Waals surface area contributed by atoms with Crippen molar-refractivity contribution in [3.05, 3.63) is 23.3 Å². The van der Waals surface area contributed by atoms with E-state index in [0.29, 0.717) is 17.7 Å². The Kier molecular flexibility index (Phi) is 3.32. The molecule has 0 saturated heterocycles. The van der Waals surface area contributed by atoms with Crippen LogP contribution in [0.4, 0.5) is 0 Å². The largest absolute Gasteiger partial charge is 0.438 e. The van der Waals surface area contributed by atoms with Gasteiger partial charge in [-0.15, -0.1) is 0 Å². The van der Waals surface area contributed by atoms with Gasteiger partial charge in [0.1, 0.15) is 0 Å². The summed E-state index contributed by atoms with van der Waals surface area (Å²) in [7, 11) is 1.98. The molecule has 0 N–H and O–H groups in total. The van der Waals surface area contributed by atoms with Crippen LogP contribution in [0.2, 0.25) is 11.6 Å². The lowest BCUT2D eigenvalue weighted by Crippen LogP contribution is -2.65. The number of rotatable bonds is 3. The molecule has 0 heterocycles. The zero-order valence-corrected chi connectivity index (χ0v) is 16.0. The topological polar surface area (TPSA) is 9.23 Å². The number of allylic oxidation sites excluding steroid dienone is 4. The fraction of sp³-hybridized carbons (Fsp3) is 0.810. The first-order chi connectivity index (χ1) is 10.7. The van der Waals surface area contributed by atoms with E-state index < -0.39 is 0 Å². The van der Waals surface area contributed by atoms with Crippen molar-refractivity contribution in [2.75, 3.05) is 7.11 Å². The third-order valence-electron chi connectivity index (χ3n) is 8.61. The summed E-state index contributed by atoms with van der Waals surface area (Å²) in [5.41, 5.74) is 4.19. The SMILES string of the molecule is COB(C1[C@H]2CC=C(C)[C@H]1C2(C)C)C1[C@H]2CC=C(C)[C@H]1C2(C)C. The third-order valence-corrected chi connectivity index (χ3v) is 8.61. The van der Waals surface area contributed by atoms with Crippen LogP contribution in [0.5, 0.6) is 0 Å². The van der Waals surface area contributed by atoms with Crippen molar-refractivity contribution in [2.45, 2.75) is 66.0 Å². The quantitative estimate of drug-likeness (QED) is 0.486. The van der Waals surface area contributed by atoms with Crippen LogP contribution in [0.1, 0.15) is 54.4 Å². The molecule has 4 rings (SSSR count). The normalized spacial score (nSPS) is 45.3. The maximum atomic E-state index is 6.26. The molecule has 6 atom stereocenters. The van der Waals surface area contributed by atoms with E-state index in [1.54, 1.807) is 11.1 Å². The molecule has 2 unspecified atom stereocenters. The minimum Gasteiger partial charge on any atom is -0.438 e. The van der Waals surface area contributed by atoms with Gasteiger partial charge in [-0.25, -0.2) is 0 Å². The van der Waals surface area contributed by atoms with Crippen LogP contribution < -0.4 is 0 Å². The Morgan fingerprint density at radius 3 is 1.52 bits per heavy atom. The van der Waals surface area contributed by atoms with Crippen LogP contribution in [-0.4, -0.2) is 14.0 Å². The van der Waals surface area contributed by atoms with Gasteiger partial charge in [0.2, 0.25) is 0 Å². The molecule has 126 valence electrons.